The first-order valence-corrected chi connectivity index (χ1v) is 8.38. The number of halogens is 1. The van der Waals surface area contributed by atoms with Crippen molar-refractivity contribution in [3.05, 3.63) is 53.9 Å². The van der Waals surface area contributed by atoms with Crippen LogP contribution in [-0.4, -0.2) is 34.9 Å². The molecule has 1 aliphatic rings. The summed E-state index contributed by atoms with van der Waals surface area (Å²) in [6, 6.07) is 9.68. The van der Waals surface area contributed by atoms with Crippen LogP contribution in [0.25, 0.3) is 0 Å². The molecule has 1 aliphatic heterocycles. The van der Waals surface area contributed by atoms with Crippen molar-refractivity contribution in [2.45, 2.75) is 32.0 Å². The number of hydrogen-bond donors (Lipinski definition) is 2. The van der Waals surface area contributed by atoms with E-state index in [1.807, 2.05) is 29.1 Å². The van der Waals surface area contributed by atoms with Gasteiger partial charge in [0.1, 0.15) is 0 Å². The predicted molar refractivity (Wildman–Crippen MR) is 98.4 cm³/mol. The highest BCUT2D eigenvalue weighted by Crippen LogP contribution is 2.17. The lowest BCUT2D eigenvalue weighted by Crippen LogP contribution is -2.46. The minimum atomic E-state index is -0.465. The predicted octanol–water partition coefficient (Wildman–Crippen LogP) is 1.72. The van der Waals surface area contributed by atoms with Crippen molar-refractivity contribution in [1.29, 1.82) is 0 Å². The number of nitrogens with zero attached hydrogens (tertiary/aromatic N) is 2. The Morgan fingerprint density at radius 1 is 1.28 bits per heavy atom. The van der Waals surface area contributed by atoms with Gasteiger partial charge in [0.25, 0.3) is 0 Å². The summed E-state index contributed by atoms with van der Waals surface area (Å²) in [7, 11) is 0. The molecule has 1 aromatic heterocycles. The van der Waals surface area contributed by atoms with Crippen LogP contribution in [0.1, 0.15) is 24.0 Å². The van der Waals surface area contributed by atoms with Crippen LogP contribution in [-0.2, 0) is 22.6 Å². The van der Waals surface area contributed by atoms with Gasteiger partial charge in [0.2, 0.25) is 5.91 Å². The van der Waals surface area contributed by atoms with E-state index in [0.717, 1.165) is 24.9 Å². The molecule has 0 saturated carbocycles. The maximum absolute atomic E-state index is 12.2. The molecule has 6 nitrogen and oxygen atoms in total. The van der Waals surface area contributed by atoms with E-state index in [2.05, 4.69) is 22.5 Å². The summed E-state index contributed by atoms with van der Waals surface area (Å²) < 4.78 is 7.18. The van der Waals surface area contributed by atoms with E-state index in [4.69, 9.17) is 10.5 Å². The van der Waals surface area contributed by atoms with Crippen LogP contribution < -0.4 is 11.1 Å². The fourth-order valence-corrected chi connectivity index (χ4v) is 2.95. The minimum absolute atomic E-state index is 0. The van der Waals surface area contributed by atoms with E-state index in [1.54, 1.807) is 6.20 Å². The number of carbonyl (C=O) groups excluding carboxylic acids is 1. The van der Waals surface area contributed by atoms with Crippen LogP contribution in [0.3, 0.4) is 0 Å². The molecule has 7 heteroatoms. The maximum Gasteiger partial charge on any atom is 0.237 e. The zero-order valence-electron chi connectivity index (χ0n) is 14.1. The summed E-state index contributed by atoms with van der Waals surface area (Å²) in [6.07, 6.45) is 5.43. The SMILES string of the molecule is Cl.NC(C(=O)NCc1cnn(Cc2ccccc2)c1)C1CCOCC1. The first kappa shape index (κ1) is 19.4. The summed E-state index contributed by atoms with van der Waals surface area (Å²) in [5.74, 6) is 0.109. The molecule has 1 aromatic carbocycles. The molecule has 0 radical (unpaired) electrons. The summed E-state index contributed by atoms with van der Waals surface area (Å²) >= 11 is 0. The van der Waals surface area contributed by atoms with E-state index in [-0.39, 0.29) is 24.2 Å². The fraction of sp³-hybridized carbons (Fsp3) is 0.444. The Morgan fingerprint density at radius 2 is 2.00 bits per heavy atom. The average molecular weight is 365 g/mol. The van der Waals surface area contributed by atoms with Gasteiger partial charge in [-0.3, -0.25) is 9.48 Å². The van der Waals surface area contributed by atoms with Gasteiger partial charge in [0.15, 0.2) is 0 Å². The third-order valence-electron chi connectivity index (χ3n) is 4.42. The largest absolute Gasteiger partial charge is 0.381 e. The van der Waals surface area contributed by atoms with Crippen molar-refractivity contribution in [3.8, 4) is 0 Å². The molecule has 0 bridgehead atoms. The Bertz CT molecular complexity index is 656. The summed E-state index contributed by atoms with van der Waals surface area (Å²) in [6.45, 7) is 2.55. The minimum Gasteiger partial charge on any atom is -0.381 e. The fourth-order valence-electron chi connectivity index (χ4n) is 2.95. The number of rotatable bonds is 6. The summed E-state index contributed by atoms with van der Waals surface area (Å²) in [5.41, 5.74) is 8.24. The molecule has 1 atom stereocenters. The molecular formula is C18H25ClN4O2. The van der Waals surface area contributed by atoms with Gasteiger partial charge in [-0.25, -0.2) is 0 Å². The van der Waals surface area contributed by atoms with E-state index >= 15 is 0 Å². The van der Waals surface area contributed by atoms with E-state index in [1.165, 1.54) is 5.56 Å². The monoisotopic (exact) mass is 364 g/mol. The Hall–Kier alpha value is -1.89. The molecule has 1 amide bonds. The first-order chi connectivity index (χ1) is 11.7. The van der Waals surface area contributed by atoms with Gasteiger partial charge in [0.05, 0.1) is 18.8 Å². The zero-order valence-corrected chi connectivity index (χ0v) is 15.0. The highest BCUT2D eigenvalue weighted by molar-refractivity contribution is 5.85. The van der Waals surface area contributed by atoms with Gasteiger partial charge in [-0.15, -0.1) is 12.4 Å². The second-order valence-electron chi connectivity index (χ2n) is 6.23. The molecule has 1 fully saturated rings. The van der Waals surface area contributed by atoms with Crippen molar-refractivity contribution in [3.63, 3.8) is 0 Å². The van der Waals surface area contributed by atoms with Crippen LogP contribution in [0.15, 0.2) is 42.7 Å². The molecule has 0 spiro atoms. The number of carbonyl (C=O) groups is 1. The Kier molecular flexibility index (Phi) is 7.43. The lowest BCUT2D eigenvalue weighted by atomic mass is 9.92. The molecule has 0 aliphatic carbocycles. The number of benzene rings is 1. The molecule has 2 heterocycles. The second kappa shape index (κ2) is 9.56. The Morgan fingerprint density at radius 3 is 2.72 bits per heavy atom. The van der Waals surface area contributed by atoms with E-state index in [9.17, 15) is 4.79 Å². The van der Waals surface area contributed by atoms with E-state index < -0.39 is 6.04 Å². The molecule has 2 aromatic rings. The number of nitrogens with two attached hydrogens (primary N) is 1. The maximum atomic E-state index is 12.2. The smallest absolute Gasteiger partial charge is 0.237 e. The van der Waals surface area contributed by atoms with Gasteiger partial charge < -0.3 is 15.8 Å². The lowest BCUT2D eigenvalue weighted by molar-refractivity contribution is -0.124. The number of ether oxygens (including phenoxy) is 1. The molecule has 3 rings (SSSR count). The molecule has 3 N–H and O–H groups in total. The third-order valence-corrected chi connectivity index (χ3v) is 4.42. The van der Waals surface area contributed by atoms with Crippen LogP contribution in [0.4, 0.5) is 0 Å². The quantitative estimate of drug-likeness (QED) is 0.817. The summed E-state index contributed by atoms with van der Waals surface area (Å²) in [5, 5.41) is 7.26. The number of hydrogen-bond acceptors (Lipinski definition) is 4. The van der Waals surface area contributed by atoms with Gasteiger partial charge in [0, 0.05) is 31.5 Å². The van der Waals surface area contributed by atoms with Gasteiger partial charge in [-0.2, -0.15) is 5.10 Å². The number of amides is 1. The second-order valence-corrected chi connectivity index (χ2v) is 6.23. The van der Waals surface area contributed by atoms with Crippen molar-refractivity contribution in [2.75, 3.05) is 13.2 Å². The molecule has 136 valence electrons. The Balaban J connectivity index is 0.00000225. The molecule has 1 unspecified atom stereocenters. The highest BCUT2D eigenvalue weighted by Gasteiger charge is 2.26. The Labute approximate surface area is 154 Å². The van der Waals surface area contributed by atoms with Crippen molar-refractivity contribution in [2.24, 2.45) is 11.7 Å². The van der Waals surface area contributed by atoms with Gasteiger partial charge in [-0.05, 0) is 24.3 Å². The number of aromatic nitrogens is 2. The first-order valence-electron chi connectivity index (χ1n) is 8.38. The van der Waals surface area contributed by atoms with E-state index in [0.29, 0.717) is 19.8 Å². The van der Waals surface area contributed by atoms with Crippen LogP contribution in [0.2, 0.25) is 0 Å². The number of nitrogens with one attached hydrogen (secondary N) is 1. The molecular weight excluding hydrogens is 340 g/mol. The molecule has 1 saturated heterocycles. The normalized spacial score (nSPS) is 16.0. The topological polar surface area (TPSA) is 82.2 Å². The van der Waals surface area contributed by atoms with Crippen LogP contribution >= 0.6 is 12.4 Å². The lowest BCUT2D eigenvalue weighted by Gasteiger charge is -2.26. The zero-order chi connectivity index (χ0) is 16.8. The highest BCUT2D eigenvalue weighted by atomic mass is 35.5. The van der Waals surface area contributed by atoms with Crippen molar-refractivity contribution in [1.82, 2.24) is 15.1 Å². The summed E-state index contributed by atoms with van der Waals surface area (Å²) in [4.78, 5) is 12.2. The van der Waals surface area contributed by atoms with Gasteiger partial charge >= 0.3 is 0 Å². The molecule has 25 heavy (non-hydrogen) atoms. The van der Waals surface area contributed by atoms with Crippen molar-refractivity contribution >= 4 is 18.3 Å². The van der Waals surface area contributed by atoms with Crippen LogP contribution in [0, 0.1) is 5.92 Å². The van der Waals surface area contributed by atoms with Gasteiger partial charge in [-0.1, -0.05) is 30.3 Å². The standard InChI is InChI=1S/C18H24N4O2.ClH/c19-17(16-6-8-24-9-7-16)18(23)20-10-15-11-21-22(13-15)12-14-4-2-1-3-5-14;/h1-5,11,13,16-17H,6-10,12,19H2,(H,20,23);1H. The van der Waals surface area contributed by atoms with Crippen molar-refractivity contribution < 1.29 is 9.53 Å². The average Bonchev–Trinajstić information content (AvgIpc) is 3.08. The van der Waals surface area contributed by atoms with Crippen LogP contribution in [0.5, 0.6) is 0 Å². The third kappa shape index (κ3) is 5.56.